The number of amides is 2. The topological polar surface area (TPSA) is 58.6 Å². The summed E-state index contributed by atoms with van der Waals surface area (Å²) in [7, 11) is 1.67. The van der Waals surface area contributed by atoms with Gasteiger partial charge in [0.1, 0.15) is 5.75 Å². The Morgan fingerprint density at radius 3 is 2.79 bits per heavy atom. The van der Waals surface area contributed by atoms with E-state index in [-0.39, 0.29) is 17.7 Å². The Morgan fingerprint density at radius 2 is 2.08 bits per heavy atom. The number of carbonyl (C=O) groups is 2. The molecule has 5 heteroatoms. The van der Waals surface area contributed by atoms with Crippen molar-refractivity contribution in [1.82, 2.24) is 10.2 Å². The van der Waals surface area contributed by atoms with Gasteiger partial charge in [0.2, 0.25) is 11.8 Å². The molecule has 2 amide bonds. The first-order chi connectivity index (χ1) is 11.7. The molecule has 24 heavy (non-hydrogen) atoms. The van der Waals surface area contributed by atoms with Crippen LogP contribution in [0.3, 0.4) is 0 Å². The molecule has 2 saturated heterocycles. The predicted octanol–water partition coefficient (Wildman–Crippen LogP) is 2.00. The molecule has 2 atom stereocenters. The highest BCUT2D eigenvalue weighted by Crippen LogP contribution is 2.25. The van der Waals surface area contributed by atoms with Gasteiger partial charge in [-0.1, -0.05) is 12.1 Å². The first-order valence-corrected chi connectivity index (χ1v) is 8.84. The Hall–Kier alpha value is -2.04. The number of piperidine rings is 2. The molecule has 3 rings (SSSR count). The molecule has 0 radical (unpaired) electrons. The lowest BCUT2D eigenvalue weighted by Gasteiger charge is -2.36. The first-order valence-electron chi connectivity index (χ1n) is 8.84. The molecule has 2 aliphatic rings. The molecule has 130 valence electrons. The van der Waals surface area contributed by atoms with Crippen LogP contribution in [0.4, 0.5) is 0 Å². The maximum Gasteiger partial charge on any atom is 0.226 e. The number of hydrogen-bond donors (Lipinski definition) is 1. The van der Waals surface area contributed by atoms with Gasteiger partial charge < -0.3 is 15.0 Å². The fourth-order valence-electron chi connectivity index (χ4n) is 3.78. The molecule has 2 aliphatic heterocycles. The van der Waals surface area contributed by atoms with Gasteiger partial charge in [-0.05, 0) is 49.3 Å². The lowest BCUT2D eigenvalue weighted by Crippen LogP contribution is -2.47. The summed E-state index contributed by atoms with van der Waals surface area (Å²) in [5, 5.41) is 2.80. The van der Waals surface area contributed by atoms with Crippen LogP contribution in [0.5, 0.6) is 5.75 Å². The number of ether oxygens (including phenoxy) is 1. The van der Waals surface area contributed by atoms with Crippen LogP contribution in [0, 0.1) is 11.8 Å². The summed E-state index contributed by atoms with van der Waals surface area (Å²) in [6.07, 6.45) is 4.30. The fourth-order valence-corrected chi connectivity index (χ4v) is 3.78. The summed E-state index contributed by atoms with van der Waals surface area (Å²) in [5.74, 6) is 1.41. The second-order valence-electron chi connectivity index (χ2n) is 6.88. The monoisotopic (exact) mass is 330 g/mol. The van der Waals surface area contributed by atoms with E-state index < -0.39 is 0 Å². The number of likely N-dealkylation sites (tertiary alicyclic amines) is 1. The van der Waals surface area contributed by atoms with Gasteiger partial charge in [-0.3, -0.25) is 9.59 Å². The van der Waals surface area contributed by atoms with E-state index in [4.69, 9.17) is 4.74 Å². The molecular formula is C19H26N2O3. The smallest absolute Gasteiger partial charge is 0.226 e. The summed E-state index contributed by atoms with van der Waals surface area (Å²) in [5.41, 5.74) is 1.28. The second-order valence-corrected chi connectivity index (χ2v) is 6.88. The van der Waals surface area contributed by atoms with Crippen LogP contribution in [0.25, 0.3) is 0 Å². The summed E-state index contributed by atoms with van der Waals surface area (Å²) in [6, 6.07) is 8.18. The minimum atomic E-state index is -0.126. The average molecular weight is 330 g/mol. The lowest BCUT2D eigenvalue weighted by atomic mass is 9.89. The van der Waals surface area contributed by atoms with Gasteiger partial charge in [0, 0.05) is 32.0 Å². The molecule has 0 bridgehead atoms. The predicted molar refractivity (Wildman–Crippen MR) is 91.7 cm³/mol. The highest BCUT2D eigenvalue weighted by molar-refractivity contribution is 5.87. The lowest BCUT2D eigenvalue weighted by molar-refractivity contribution is -0.141. The fraction of sp³-hybridized carbons (Fsp3) is 0.579. The van der Waals surface area contributed by atoms with E-state index in [1.165, 1.54) is 5.56 Å². The van der Waals surface area contributed by atoms with E-state index in [0.717, 1.165) is 44.5 Å². The Kier molecular flexibility index (Phi) is 5.38. The van der Waals surface area contributed by atoms with Crippen molar-refractivity contribution >= 4 is 11.8 Å². The van der Waals surface area contributed by atoms with Gasteiger partial charge >= 0.3 is 0 Å². The zero-order valence-corrected chi connectivity index (χ0v) is 14.3. The Bertz CT molecular complexity index is 585. The quantitative estimate of drug-likeness (QED) is 0.919. The SMILES string of the molecule is COc1ccc(CC2CCCN(C(=O)C3CCNC(=O)C3)C2)cc1. The van der Waals surface area contributed by atoms with Crippen LogP contribution in [-0.4, -0.2) is 43.5 Å². The van der Waals surface area contributed by atoms with Crippen LogP contribution < -0.4 is 10.1 Å². The molecule has 2 unspecified atom stereocenters. The molecule has 0 aliphatic carbocycles. The van der Waals surface area contributed by atoms with Gasteiger partial charge in [0.15, 0.2) is 0 Å². The number of rotatable bonds is 4. The number of benzene rings is 1. The van der Waals surface area contributed by atoms with Crippen LogP contribution in [0.15, 0.2) is 24.3 Å². The van der Waals surface area contributed by atoms with Crippen molar-refractivity contribution in [3.8, 4) is 5.75 Å². The van der Waals surface area contributed by atoms with Crippen LogP contribution in [0.2, 0.25) is 0 Å². The van der Waals surface area contributed by atoms with Crippen LogP contribution in [-0.2, 0) is 16.0 Å². The third-order valence-electron chi connectivity index (χ3n) is 5.11. The number of hydrogen-bond acceptors (Lipinski definition) is 3. The highest BCUT2D eigenvalue weighted by atomic mass is 16.5. The molecule has 0 spiro atoms. The zero-order chi connectivity index (χ0) is 16.9. The van der Waals surface area contributed by atoms with E-state index in [9.17, 15) is 9.59 Å². The highest BCUT2D eigenvalue weighted by Gasteiger charge is 2.31. The van der Waals surface area contributed by atoms with Crippen molar-refractivity contribution in [3.05, 3.63) is 29.8 Å². The minimum absolute atomic E-state index is 0.00592. The Labute approximate surface area is 143 Å². The van der Waals surface area contributed by atoms with E-state index in [1.54, 1.807) is 7.11 Å². The molecule has 1 N–H and O–H groups in total. The standard InChI is InChI=1S/C19H26N2O3/c1-24-17-6-4-14(5-7-17)11-15-3-2-10-21(13-15)19(23)16-8-9-20-18(22)12-16/h4-7,15-16H,2-3,8-13H2,1H3,(H,20,22). The molecule has 2 fully saturated rings. The maximum absolute atomic E-state index is 12.7. The van der Waals surface area contributed by atoms with Gasteiger partial charge in [0.25, 0.3) is 0 Å². The molecule has 1 aromatic carbocycles. The van der Waals surface area contributed by atoms with E-state index >= 15 is 0 Å². The van der Waals surface area contributed by atoms with Crippen molar-refractivity contribution in [2.45, 2.75) is 32.1 Å². The molecule has 2 heterocycles. The number of nitrogens with one attached hydrogen (secondary N) is 1. The van der Waals surface area contributed by atoms with Crippen LogP contribution >= 0.6 is 0 Å². The minimum Gasteiger partial charge on any atom is -0.497 e. The number of nitrogens with zero attached hydrogens (tertiary/aromatic N) is 1. The molecular weight excluding hydrogens is 304 g/mol. The van der Waals surface area contributed by atoms with Gasteiger partial charge in [-0.15, -0.1) is 0 Å². The zero-order valence-electron chi connectivity index (χ0n) is 14.3. The van der Waals surface area contributed by atoms with E-state index in [1.807, 2.05) is 17.0 Å². The Balaban J connectivity index is 1.57. The number of carbonyl (C=O) groups excluding carboxylic acids is 2. The summed E-state index contributed by atoms with van der Waals surface area (Å²) < 4.78 is 5.20. The average Bonchev–Trinajstić information content (AvgIpc) is 2.62. The number of methoxy groups -OCH3 is 1. The van der Waals surface area contributed by atoms with Crippen molar-refractivity contribution in [2.75, 3.05) is 26.7 Å². The van der Waals surface area contributed by atoms with E-state index in [2.05, 4.69) is 17.4 Å². The largest absolute Gasteiger partial charge is 0.497 e. The maximum atomic E-state index is 12.7. The van der Waals surface area contributed by atoms with Crippen LogP contribution in [0.1, 0.15) is 31.2 Å². The van der Waals surface area contributed by atoms with Crippen molar-refractivity contribution in [3.63, 3.8) is 0 Å². The third kappa shape index (κ3) is 4.08. The molecule has 0 aromatic heterocycles. The molecule has 1 aromatic rings. The summed E-state index contributed by atoms with van der Waals surface area (Å²) in [6.45, 7) is 2.26. The molecule has 5 nitrogen and oxygen atoms in total. The van der Waals surface area contributed by atoms with Gasteiger partial charge in [-0.25, -0.2) is 0 Å². The Morgan fingerprint density at radius 1 is 1.29 bits per heavy atom. The summed E-state index contributed by atoms with van der Waals surface area (Å²) in [4.78, 5) is 26.2. The third-order valence-corrected chi connectivity index (χ3v) is 5.11. The van der Waals surface area contributed by atoms with Gasteiger partial charge in [-0.2, -0.15) is 0 Å². The first kappa shape index (κ1) is 16.8. The molecule has 0 saturated carbocycles. The normalized spacial score (nSPS) is 24.4. The summed E-state index contributed by atoms with van der Waals surface area (Å²) >= 11 is 0. The van der Waals surface area contributed by atoms with Crippen molar-refractivity contribution < 1.29 is 14.3 Å². The second kappa shape index (κ2) is 7.69. The van der Waals surface area contributed by atoms with Crippen molar-refractivity contribution in [1.29, 1.82) is 0 Å². The van der Waals surface area contributed by atoms with E-state index in [0.29, 0.717) is 18.9 Å². The van der Waals surface area contributed by atoms with Gasteiger partial charge in [0.05, 0.1) is 7.11 Å². The van der Waals surface area contributed by atoms with Crippen molar-refractivity contribution in [2.24, 2.45) is 11.8 Å².